The molecule has 1 aromatic carbocycles. The van der Waals surface area contributed by atoms with Gasteiger partial charge in [-0.05, 0) is 122 Å². The molecule has 4 aliphatic rings. The molecule has 0 spiro atoms. The van der Waals surface area contributed by atoms with Gasteiger partial charge in [0, 0.05) is 0 Å². The first-order chi connectivity index (χ1) is 17.6. The van der Waals surface area contributed by atoms with Crippen LogP contribution in [0.15, 0.2) is 18.2 Å². The molecule has 1 aromatic heterocycles. The van der Waals surface area contributed by atoms with Crippen molar-refractivity contribution < 1.29 is 20.1 Å². The molecule has 6 heteroatoms. The number of methoxy groups -OCH3 is 1. The molecule has 5 nitrogen and oxygen atoms in total. The number of aryl methyl sites for hydroxylation is 1. The second-order valence-electron chi connectivity index (χ2n) is 13.5. The first kappa shape index (κ1) is 26.0. The normalized spacial score (nSPS) is 44.2. The molecule has 37 heavy (non-hydrogen) atoms. The first-order valence-electron chi connectivity index (χ1n) is 14.6. The van der Waals surface area contributed by atoms with E-state index in [2.05, 4.69) is 26.8 Å². The average molecular weight is 528 g/mol. The fourth-order valence-electron chi connectivity index (χ4n) is 9.87. The summed E-state index contributed by atoms with van der Waals surface area (Å²) in [5.74, 6) is 3.22. The zero-order valence-corrected chi connectivity index (χ0v) is 23.7. The summed E-state index contributed by atoms with van der Waals surface area (Å²) in [5.41, 5.74) is 1.04. The predicted octanol–water partition coefficient (Wildman–Crippen LogP) is 5.84. The third-order valence-corrected chi connectivity index (χ3v) is 13.1. The lowest BCUT2D eigenvalue weighted by Gasteiger charge is -2.63. The van der Waals surface area contributed by atoms with Crippen LogP contribution in [-0.2, 0) is 6.42 Å². The van der Waals surface area contributed by atoms with Gasteiger partial charge in [0.05, 0.1) is 40.6 Å². The summed E-state index contributed by atoms with van der Waals surface area (Å²) in [6.07, 6.45) is 7.77. The Balaban J connectivity index is 1.19. The fourth-order valence-corrected chi connectivity index (χ4v) is 10.9. The number of benzene rings is 1. The number of aromatic nitrogens is 1. The number of nitrogens with zero attached hydrogens (tertiary/aromatic N) is 1. The van der Waals surface area contributed by atoms with Crippen molar-refractivity contribution in [1.29, 1.82) is 0 Å². The highest BCUT2D eigenvalue weighted by molar-refractivity contribution is 7.18. The Morgan fingerprint density at radius 3 is 2.68 bits per heavy atom. The number of thiazole rings is 1. The van der Waals surface area contributed by atoms with Crippen molar-refractivity contribution in [3.8, 4) is 5.75 Å². The van der Waals surface area contributed by atoms with Crippen LogP contribution in [0.2, 0.25) is 0 Å². The minimum absolute atomic E-state index is 0.130. The van der Waals surface area contributed by atoms with E-state index in [9.17, 15) is 15.3 Å². The van der Waals surface area contributed by atoms with Crippen LogP contribution in [0.5, 0.6) is 5.75 Å². The average Bonchev–Trinajstić information content (AvgIpc) is 3.45. The first-order valence-corrected chi connectivity index (χ1v) is 15.4. The van der Waals surface area contributed by atoms with E-state index in [1.165, 1.54) is 9.71 Å². The van der Waals surface area contributed by atoms with Crippen molar-refractivity contribution in [1.82, 2.24) is 4.98 Å². The maximum atomic E-state index is 11.8. The second kappa shape index (κ2) is 9.46. The van der Waals surface area contributed by atoms with Gasteiger partial charge in [0.25, 0.3) is 0 Å². The van der Waals surface area contributed by atoms with Crippen LogP contribution < -0.4 is 4.74 Å². The third kappa shape index (κ3) is 4.08. The summed E-state index contributed by atoms with van der Waals surface area (Å²) in [6.45, 7) is 7.14. The summed E-state index contributed by atoms with van der Waals surface area (Å²) >= 11 is 1.77. The number of fused-ring (bicyclic) bond motifs is 6. The van der Waals surface area contributed by atoms with E-state index in [1.807, 2.05) is 12.1 Å². The molecule has 1 unspecified atom stereocenters. The van der Waals surface area contributed by atoms with Crippen LogP contribution in [0.25, 0.3) is 10.2 Å². The van der Waals surface area contributed by atoms with Gasteiger partial charge in [0.1, 0.15) is 5.75 Å². The number of hydrogen-bond acceptors (Lipinski definition) is 6. The maximum absolute atomic E-state index is 11.8. The van der Waals surface area contributed by atoms with Gasteiger partial charge in [-0.15, -0.1) is 11.3 Å². The molecule has 0 amide bonds. The molecule has 4 saturated carbocycles. The van der Waals surface area contributed by atoms with E-state index in [4.69, 9.17) is 9.72 Å². The Kier molecular flexibility index (Phi) is 6.66. The zero-order chi connectivity index (χ0) is 26.1. The lowest BCUT2D eigenvalue weighted by atomic mass is 9.43. The van der Waals surface area contributed by atoms with Gasteiger partial charge in [-0.1, -0.05) is 20.8 Å². The Hall–Kier alpha value is -1.21. The van der Waals surface area contributed by atoms with Gasteiger partial charge < -0.3 is 20.1 Å². The topological polar surface area (TPSA) is 82.8 Å². The quantitative estimate of drug-likeness (QED) is 0.455. The fraction of sp³-hybridized carbons (Fsp3) is 0.774. The molecule has 204 valence electrons. The summed E-state index contributed by atoms with van der Waals surface area (Å²) in [7, 11) is 1.70. The van der Waals surface area contributed by atoms with E-state index >= 15 is 0 Å². The predicted molar refractivity (Wildman–Crippen MR) is 148 cm³/mol. The van der Waals surface area contributed by atoms with Crippen molar-refractivity contribution >= 4 is 21.6 Å². The number of rotatable bonds is 5. The van der Waals surface area contributed by atoms with Gasteiger partial charge >= 0.3 is 0 Å². The number of aliphatic hydroxyl groups is 3. The van der Waals surface area contributed by atoms with Crippen LogP contribution in [0, 0.1) is 46.3 Å². The maximum Gasteiger partial charge on any atom is 0.120 e. The lowest BCUT2D eigenvalue weighted by molar-refractivity contribution is -0.207. The highest BCUT2D eigenvalue weighted by Gasteiger charge is 2.65. The van der Waals surface area contributed by atoms with Crippen LogP contribution >= 0.6 is 11.3 Å². The van der Waals surface area contributed by atoms with Crippen molar-refractivity contribution in [3.63, 3.8) is 0 Å². The molecule has 6 rings (SSSR count). The largest absolute Gasteiger partial charge is 0.497 e. The SMILES string of the molecule is COc1ccc2nc(CCC(C)[C@H]3CC[C@H]4[C@@H]5[C@H](O)C[C@@H]6C[C@H](O)CC[C@]6(C)[C@H]5C[C@H](O)[C@]34C)sc2c1. The van der Waals surface area contributed by atoms with E-state index < -0.39 is 0 Å². The van der Waals surface area contributed by atoms with Crippen LogP contribution in [-0.4, -0.2) is 45.7 Å². The smallest absolute Gasteiger partial charge is 0.120 e. The summed E-state index contributed by atoms with van der Waals surface area (Å²) in [4.78, 5) is 4.88. The molecular formula is C31H45NO4S. The van der Waals surface area contributed by atoms with Crippen LogP contribution in [0.1, 0.15) is 77.1 Å². The summed E-state index contributed by atoms with van der Waals surface area (Å²) in [5, 5.41) is 34.8. The highest BCUT2D eigenvalue weighted by atomic mass is 32.1. The van der Waals surface area contributed by atoms with Crippen molar-refractivity contribution in [2.24, 2.45) is 46.3 Å². The minimum Gasteiger partial charge on any atom is -0.497 e. The van der Waals surface area contributed by atoms with Gasteiger partial charge in [-0.2, -0.15) is 0 Å². The second-order valence-corrected chi connectivity index (χ2v) is 14.6. The Morgan fingerprint density at radius 1 is 1.08 bits per heavy atom. The Morgan fingerprint density at radius 2 is 1.89 bits per heavy atom. The molecule has 1 heterocycles. The molecule has 0 bridgehead atoms. The zero-order valence-electron chi connectivity index (χ0n) is 22.9. The minimum atomic E-state index is -0.321. The molecule has 0 saturated heterocycles. The molecule has 4 fully saturated rings. The van der Waals surface area contributed by atoms with Gasteiger partial charge in [-0.25, -0.2) is 4.98 Å². The van der Waals surface area contributed by atoms with E-state index in [0.29, 0.717) is 29.6 Å². The van der Waals surface area contributed by atoms with Gasteiger partial charge in [0.15, 0.2) is 0 Å². The summed E-state index contributed by atoms with van der Waals surface area (Å²) < 4.78 is 6.56. The van der Waals surface area contributed by atoms with Crippen LogP contribution in [0.4, 0.5) is 0 Å². The van der Waals surface area contributed by atoms with E-state index in [0.717, 1.165) is 69.1 Å². The van der Waals surface area contributed by atoms with Crippen molar-refractivity contribution in [2.45, 2.75) is 96.9 Å². The Labute approximate surface area is 225 Å². The highest BCUT2D eigenvalue weighted by Crippen LogP contribution is 2.68. The molecule has 2 aromatic rings. The Bertz CT molecular complexity index is 1140. The van der Waals surface area contributed by atoms with Gasteiger partial charge in [-0.3, -0.25) is 0 Å². The van der Waals surface area contributed by atoms with Crippen LogP contribution in [0.3, 0.4) is 0 Å². The van der Waals surface area contributed by atoms with E-state index in [-0.39, 0.29) is 35.1 Å². The van der Waals surface area contributed by atoms with Crippen molar-refractivity contribution in [2.75, 3.05) is 7.11 Å². The monoisotopic (exact) mass is 527 g/mol. The number of hydrogen-bond donors (Lipinski definition) is 3. The molecule has 11 atom stereocenters. The van der Waals surface area contributed by atoms with Gasteiger partial charge in [0.2, 0.25) is 0 Å². The van der Waals surface area contributed by atoms with E-state index in [1.54, 1.807) is 18.4 Å². The molecule has 4 aliphatic carbocycles. The molecular weight excluding hydrogens is 482 g/mol. The molecule has 0 aliphatic heterocycles. The third-order valence-electron chi connectivity index (χ3n) is 12.0. The van der Waals surface area contributed by atoms with Crippen molar-refractivity contribution in [3.05, 3.63) is 23.2 Å². The standard InChI is InChI=1S/C31H45NO4S/c1-17(5-10-28-32-24-9-6-20(36-4)15-26(24)37-28)21-7-8-22-29-23(16-27(35)31(21,22)3)30(2)12-11-19(33)13-18(30)14-25(29)34/h6,9,15,17-19,21-23,25,27,29,33-35H,5,7-8,10-14,16H2,1-4H3/t17?,18-,19+,21+,22-,23-,25+,27-,29-,30-,31+/m0/s1. The summed E-state index contributed by atoms with van der Waals surface area (Å²) in [6, 6.07) is 6.09. The number of aliphatic hydroxyl groups excluding tert-OH is 3. The lowest BCUT2D eigenvalue weighted by Crippen LogP contribution is -2.62. The number of ether oxygens (including phenoxy) is 1. The molecule has 3 N–H and O–H groups in total. The molecule has 0 radical (unpaired) electrons.